The number of pyridine rings is 2. The van der Waals surface area contributed by atoms with Crippen molar-refractivity contribution in [2.75, 3.05) is 18.4 Å². The molecule has 4 heterocycles. The molecule has 9 heteroatoms. The molecule has 8 nitrogen and oxygen atoms in total. The molecule has 1 fully saturated rings. The van der Waals surface area contributed by atoms with Gasteiger partial charge in [-0.05, 0) is 61.8 Å². The van der Waals surface area contributed by atoms with E-state index in [1.54, 1.807) is 18.7 Å². The minimum absolute atomic E-state index is 0.00228. The van der Waals surface area contributed by atoms with Crippen LogP contribution in [0.1, 0.15) is 24.1 Å². The Bertz CT molecular complexity index is 1070. The van der Waals surface area contributed by atoms with Crippen LogP contribution in [-0.4, -0.2) is 48.2 Å². The van der Waals surface area contributed by atoms with Gasteiger partial charge in [-0.1, -0.05) is 6.07 Å². The molecule has 1 aliphatic heterocycles. The lowest BCUT2D eigenvalue weighted by Crippen LogP contribution is -2.39. The SMILES string of the molecule is Cc1ccnc(NC(=O)C2CCN(Cn3ncn(CCc4ccccn4)c3=S)CC2)c1. The van der Waals surface area contributed by atoms with Gasteiger partial charge in [-0.3, -0.25) is 14.7 Å². The Morgan fingerprint density at radius 1 is 1.19 bits per heavy atom. The summed E-state index contributed by atoms with van der Waals surface area (Å²) in [6, 6.07) is 9.73. The number of aryl methyl sites for hydroxylation is 3. The van der Waals surface area contributed by atoms with Crippen LogP contribution < -0.4 is 5.32 Å². The zero-order chi connectivity index (χ0) is 21.6. The van der Waals surface area contributed by atoms with Gasteiger partial charge in [-0.2, -0.15) is 5.10 Å². The van der Waals surface area contributed by atoms with Crippen LogP contribution in [0.4, 0.5) is 5.82 Å². The Morgan fingerprint density at radius 3 is 2.77 bits per heavy atom. The summed E-state index contributed by atoms with van der Waals surface area (Å²) in [7, 11) is 0. The van der Waals surface area contributed by atoms with Gasteiger partial charge in [0.15, 0.2) is 4.77 Å². The number of piperidine rings is 1. The van der Waals surface area contributed by atoms with Crippen LogP contribution in [0.2, 0.25) is 0 Å². The molecule has 0 aliphatic carbocycles. The second-order valence-corrected chi connectivity index (χ2v) is 8.28. The largest absolute Gasteiger partial charge is 0.310 e. The van der Waals surface area contributed by atoms with Crippen molar-refractivity contribution in [3.05, 3.63) is 65.1 Å². The summed E-state index contributed by atoms with van der Waals surface area (Å²) in [6.45, 7) is 5.05. The molecule has 0 saturated carbocycles. The van der Waals surface area contributed by atoms with Gasteiger partial charge in [0.1, 0.15) is 12.1 Å². The molecular weight excluding hydrogens is 410 g/mol. The van der Waals surface area contributed by atoms with Gasteiger partial charge < -0.3 is 9.88 Å². The van der Waals surface area contributed by atoms with Gasteiger partial charge in [0, 0.05) is 50.1 Å². The summed E-state index contributed by atoms with van der Waals surface area (Å²) in [6.07, 6.45) is 7.75. The Labute approximate surface area is 186 Å². The molecule has 1 aliphatic rings. The van der Waals surface area contributed by atoms with Gasteiger partial charge in [0.2, 0.25) is 5.91 Å². The average Bonchev–Trinajstić information content (AvgIpc) is 3.12. The molecule has 1 N–H and O–H groups in total. The van der Waals surface area contributed by atoms with E-state index < -0.39 is 0 Å². The van der Waals surface area contributed by atoms with E-state index in [1.807, 2.05) is 46.5 Å². The van der Waals surface area contributed by atoms with E-state index in [2.05, 4.69) is 25.3 Å². The van der Waals surface area contributed by atoms with E-state index in [4.69, 9.17) is 12.2 Å². The van der Waals surface area contributed by atoms with E-state index in [1.165, 1.54) is 0 Å². The maximum absolute atomic E-state index is 12.6. The monoisotopic (exact) mass is 437 g/mol. The fraction of sp³-hybridized carbons (Fsp3) is 0.409. The fourth-order valence-electron chi connectivity index (χ4n) is 3.76. The van der Waals surface area contributed by atoms with Gasteiger partial charge >= 0.3 is 0 Å². The Hall–Kier alpha value is -2.91. The average molecular weight is 438 g/mol. The molecule has 0 aromatic carbocycles. The molecule has 1 amide bonds. The Morgan fingerprint density at radius 2 is 2.03 bits per heavy atom. The van der Waals surface area contributed by atoms with Gasteiger partial charge in [0.25, 0.3) is 0 Å². The third kappa shape index (κ3) is 5.62. The highest BCUT2D eigenvalue weighted by atomic mass is 32.1. The lowest BCUT2D eigenvalue weighted by atomic mass is 9.96. The van der Waals surface area contributed by atoms with Crippen LogP contribution in [0.25, 0.3) is 0 Å². The number of amides is 1. The first-order chi connectivity index (χ1) is 15.1. The molecular formula is C22H27N7OS. The summed E-state index contributed by atoms with van der Waals surface area (Å²) in [5.74, 6) is 0.672. The quantitative estimate of drug-likeness (QED) is 0.572. The molecule has 3 aromatic heterocycles. The zero-order valence-electron chi connectivity index (χ0n) is 17.6. The highest BCUT2D eigenvalue weighted by Gasteiger charge is 2.25. The first-order valence-electron chi connectivity index (χ1n) is 10.6. The third-order valence-corrected chi connectivity index (χ3v) is 6.04. The highest BCUT2D eigenvalue weighted by molar-refractivity contribution is 7.71. The number of carbonyl (C=O) groups is 1. The van der Waals surface area contributed by atoms with Crippen molar-refractivity contribution in [3.63, 3.8) is 0 Å². The van der Waals surface area contributed by atoms with Crippen molar-refractivity contribution in [1.82, 2.24) is 29.2 Å². The second-order valence-electron chi connectivity index (χ2n) is 7.92. The van der Waals surface area contributed by atoms with Gasteiger partial charge in [-0.25, -0.2) is 9.67 Å². The van der Waals surface area contributed by atoms with Crippen molar-refractivity contribution >= 4 is 23.9 Å². The number of anilines is 1. The van der Waals surface area contributed by atoms with Crippen molar-refractivity contribution in [3.8, 4) is 0 Å². The van der Waals surface area contributed by atoms with Gasteiger partial charge in [-0.15, -0.1) is 0 Å². The highest BCUT2D eigenvalue weighted by Crippen LogP contribution is 2.20. The third-order valence-electron chi connectivity index (χ3n) is 5.59. The molecule has 0 bridgehead atoms. The van der Waals surface area contributed by atoms with Crippen molar-refractivity contribution in [2.45, 2.75) is 39.4 Å². The standard InChI is InChI=1S/C22H27N7OS/c1-17-5-10-24-20(14-17)26-21(30)18-6-11-27(12-7-18)16-29-22(31)28(15-25-29)13-8-19-4-2-3-9-23-19/h2-5,9-10,14-15,18H,6-8,11-13,16H2,1H3,(H,24,26,30). The van der Waals surface area contributed by atoms with Crippen LogP contribution in [-0.2, 0) is 24.4 Å². The summed E-state index contributed by atoms with van der Waals surface area (Å²) < 4.78 is 4.55. The molecule has 0 radical (unpaired) electrons. The number of hydrogen-bond donors (Lipinski definition) is 1. The predicted octanol–water partition coefficient (Wildman–Crippen LogP) is 3.06. The summed E-state index contributed by atoms with van der Waals surface area (Å²) in [5.41, 5.74) is 2.12. The number of hydrogen-bond acceptors (Lipinski definition) is 6. The molecule has 4 rings (SSSR count). The topological polar surface area (TPSA) is 80.9 Å². The zero-order valence-corrected chi connectivity index (χ0v) is 18.5. The van der Waals surface area contributed by atoms with Crippen molar-refractivity contribution in [1.29, 1.82) is 0 Å². The molecule has 0 unspecified atom stereocenters. The molecule has 31 heavy (non-hydrogen) atoms. The molecule has 0 spiro atoms. The number of aromatic nitrogens is 5. The molecule has 3 aromatic rings. The van der Waals surface area contributed by atoms with Crippen molar-refractivity contribution in [2.24, 2.45) is 5.92 Å². The minimum atomic E-state index is 0.00228. The molecule has 162 valence electrons. The predicted molar refractivity (Wildman–Crippen MR) is 121 cm³/mol. The summed E-state index contributed by atoms with van der Waals surface area (Å²) in [5, 5.41) is 7.41. The second kappa shape index (κ2) is 9.93. The Kier molecular flexibility index (Phi) is 6.83. The van der Waals surface area contributed by atoms with E-state index in [-0.39, 0.29) is 11.8 Å². The van der Waals surface area contributed by atoms with E-state index >= 15 is 0 Å². The maximum atomic E-state index is 12.6. The number of rotatable bonds is 7. The van der Waals surface area contributed by atoms with E-state index in [0.717, 1.165) is 50.2 Å². The number of nitrogens with one attached hydrogen (secondary N) is 1. The van der Waals surface area contributed by atoms with Crippen LogP contribution in [0.5, 0.6) is 0 Å². The number of nitrogens with zero attached hydrogens (tertiary/aromatic N) is 6. The lowest BCUT2D eigenvalue weighted by Gasteiger charge is -2.30. The van der Waals surface area contributed by atoms with E-state index in [9.17, 15) is 4.79 Å². The first kappa shape index (κ1) is 21.3. The molecule has 1 saturated heterocycles. The number of likely N-dealkylation sites (tertiary alicyclic amines) is 1. The van der Waals surface area contributed by atoms with Gasteiger partial charge in [0.05, 0.1) is 6.67 Å². The van der Waals surface area contributed by atoms with Crippen LogP contribution in [0, 0.1) is 17.6 Å². The Balaban J connectivity index is 1.26. The van der Waals surface area contributed by atoms with Crippen LogP contribution >= 0.6 is 12.2 Å². The van der Waals surface area contributed by atoms with E-state index in [0.29, 0.717) is 17.3 Å². The molecule has 0 atom stereocenters. The lowest BCUT2D eigenvalue weighted by molar-refractivity contribution is -0.121. The minimum Gasteiger partial charge on any atom is -0.310 e. The van der Waals surface area contributed by atoms with Crippen LogP contribution in [0.3, 0.4) is 0 Å². The normalized spacial score (nSPS) is 15.1. The van der Waals surface area contributed by atoms with Crippen LogP contribution in [0.15, 0.2) is 49.1 Å². The summed E-state index contributed by atoms with van der Waals surface area (Å²) >= 11 is 5.60. The first-order valence-corrected chi connectivity index (χ1v) is 11.0. The maximum Gasteiger partial charge on any atom is 0.228 e. The number of carbonyl (C=O) groups excluding carboxylic acids is 1. The summed E-state index contributed by atoms with van der Waals surface area (Å²) in [4.78, 5) is 23.4. The smallest absolute Gasteiger partial charge is 0.228 e. The fourth-order valence-corrected chi connectivity index (χ4v) is 4.01. The van der Waals surface area contributed by atoms with Crippen molar-refractivity contribution < 1.29 is 4.79 Å².